The molecule has 2 aromatic carbocycles. The number of amides is 3. The highest BCUT2D eigenvalue weighted by Gasteiger charge is 2.34. The normalized spacial score (nSPS) is 15.6. The Kier molecular flexibility index (Phi) is 7.51. The number of carbonyl (C=O) groups is 3. The van der Waals surface area contributed by atoms with Crippen LogP contribution in [0.3, 0.4) is 0 Å². The van der Waals surface area contributed by atoms with E-state index < -0.39 is 0 Å². The molecule has 1 saturated heterocycles. The number of carbonyl (C=O) groups excluding carboxylic acids is 3. The summed E-state index contributed by atoms with van der Waals surface area (Å²) < 4.78 is 5.61. The monoisotopic (exact) mass is 437 g/mol. The maximum absolute atomic E-state index is 12.4. The molecule has 7 nitrogen and oxygen atoms in total. The first-order valence-corrected chi connectivity index (χ1v) is 11.0. The third-order valence-electron chi connectivity index (χ3n) is 5.50. The molecule has 1 fully saturated rings. The molecule has 0 aliphatic carbocycles. The SMILES string of the molecule is CCCNC(=O)[C@H]1CC(=O)N(c2ccc(OCC(=O)Nc3c(C)cc(C)cc3C)cc2)C1. The van der Waals surface area contributed by atoms with Crippen LogP contribution in [-0.4, -0.2) is 37.4 Å². The smallest absolute Gasteiger partial charge is 0.262 e. The van der Waals surface area contributed by atoms with Crippen LogP contribution >= 0.6 is 0 Å². The Morgan fingerprint density at radius 1 is 1.09 bits per heavy atom. The van der Waals surface area contributed by atoms with Crippen molar-refractivity contribution in [3.05, 3.63) is 53.1 Å². The number of rotatable bonds is 8. The first-order valence-electron chi connectivity index (χ1n) is 11.0. The first kappa shape index (κ1) is 23.3. The standard InChI is InChI=1S/C25H31N3O4/c1-5-10-26-25(31)19-13-23(30)28(14-19)20-6-8-21(9-7-20)32-15-22(29)27-24-17(3)11-16(2)12-18(24)4/h6-9,11-12,19H,5,10,13-15H2,1-4H3,(H,26,31)(H,27,29)/t19-/m0/s1. The fourth-order valence-corrected chi connectivity index (χ4v) is 3.95. The van der Waals surface area contributed by atoms with Crippen molar-refractivity contribution >= 4 is 29.1 Å². The van der Waals surface area contributed by atoms with Crippen molar-refractivity contribution in [2.24, 2.45) is 5.92 Å². The van der Waals surface area contributed by atoms with Crippen molar-refractivity contribution in [3.8, 4) is 5.75 Å². The number of nitrogens with one attached hydrogen (secondary N) is 2. The molecule has 1 atom stereocenters. The van der Waals surface area contributed by atoms with Gasteiger partial charge in [0, 0.05) is 30.9 Å². The topological polar surface area (TPSA) is 87.7 Å². The number of ether oxygens (including phenoxy) is 1. The van der Waals surface area contributed by atoms with Gasteiger partial charge in [0.2, 0.25) is 11.8 Å². The average molecular weight is 438 g/mol. The molecule has 32 heavy (non-hydrogen) atoms. The van der Waals surface area contributed by atoms with Gasteiger partial charge in [0.05, 0.1) is 5.92 Å². The Balaban J connectivity index is 1.54. The second-order valence-corrected chi connectivity index (χ2v) is 8.30. The van der Waals surface area contributed by atoms with E-state index in [1.807, 2.05) is 39.8 Å². The molecular weight excluding hydrogens is 406 g/mol. The molecule has 0 saturated carbocycles. The van der Waals surface area contributed by atoms with E-state index in [4.69, 9.17) is 4.74 Å². The van der Waals surface area contributed by atoms with Gasteiger partial charge < -0.3 is 20.3 Å². The quantitative estimate of drug-likeness (QED) is 0.662. The Morgan fingerprint density at radius 3 is 2.38 bits per heavy atom. The molecule has 3 rings (SSSR count). The van der Waals surface area contributed by atoms with E-state index in [9.17, 15) is 14.4 Å². The number of anilines is 2. The van der Waals surface area contributed by atoms with Gasteiger partial charge in [0.1, 0.15) is 5.75 Å². The lowest BCUT2D eigenvalue weighted by Gasteiger charge is -2.17. The van der Waals surface area contributed by atoms with Gasteiger partial charge in [-0.2, -0.15) is 0 Å². The maximum atomic E-state index is 12.4. The van der Waals surface area contributed by atoms with E-state index in [2.05, 4.69) is 10.6 Å². The Bertz CT molecular complexity index is 978. The van der Waals surface area contributed by atoms with E-state index in [1.165, 1.54) is 0 Å². The summed E-state index contributed by atoms with van der Waals surface area (Å²) in [5.74, 6) is -0.182. The molecule has 0 spiro atoms. The summed E-state index contributed by atoms with van der Waals surface area (Å²) in [5.41, 5.74) is 4.70. The van der Waals surface area contributed by atoms with E-state index >= 15 is 0 Å². The number of hydrogen-bond acceptors (Lipinski definition) is 4. The van der Waals surface area contributed by atoms with Crippen LogP contribution in [0.5, 0.6) is 5.75 Å². The van der Waals surface area contributed by atoms with E-state index in [0.717, 1.165) is 28.8 Å². The first-order chi connectivity index (χ1) is 15.3. The molecule has 0 bridgehead atoms. The second-order valence-electron chi connectivity index (χ2n) is 8.30. The lowest BCUT2D eigenvalue weighted by molar-refractivity contribution is -0.126. The van der Waals surface area contributed by atoms with Crippen LogP contribution in [0, 0.1) is 26.7 Å². The summed E-state index contributed by atoms with van der Waals surface area (Å²) in [7, 11) is 0. The van der Waals surface area contributed by atoms with Crippen molar-refractivity contribution in [3.63, 3.8) is 0 Å². The van der Waals surface area contributed by atoms with Crippen molar-refractivity contribution in [1.29, 1.82) is 0 Å². The van der Waals surface area contributed by atoms with Crippen molar-refractivity contribution < 1.29 is 19.1 Å². The summed E-state index contributed by atoms with van der Waals surface area (Å²) in [6.45, 7) is 8.81. The van der Waals surface area contributed by atoms with Crippen LogP contribution in [0.1, 0.15) is 36.5 Å². The maximum Gasteiger partial charge on any atom is 0.262 e. The molecule has 0 unspecified atom stereocenters. The van der Waals surface area contributed by atoms with Crippen molar-refractivity contribution in [2.75, 3.05) is 29.9 Å². The minimum absolute atomic E-state index is 0.0708. The summed E-state index contributed by atoms with van der Waals surface area (Å²) in [6, 6.07) is 11.0. The fourth-order valence-electron chi connectivity index (χ4n) is 3.95. The number of benzene rings is 2. The predicted molar refractivity (Wildman–Crippen MR) is 125 cm³/mol. The molecule has 0 radical (unpaired) electrons. The minimum Gasteiger partial charge on any atom is -0.484 e. The molecular formula is C25H31N3O4. The highest BCUT2D eigenvalue weighted by atomic mass is 16.5. The molecule has 170 valence electrons. The summed E-state index contributed by atoms with van der Waals surface area (Å²) in [5, 5.41) is 5.77. The van der Waals surface area contributed by atoms with Crippen LogP contribution in [0.4, 0.5) is 11.4 Å². The van der Waals surface area contributed by atoms with Gasteiger partial charge in [0.15, 0.2) is 6.61 Å². The van der Waals surface area contributed by atoms with Gasteiger partial charge in [-0.3, -0.25) is 14.4 Å². The largest absolute Gasteiger partial charge is 0.484 e. The van der Waals surface area contributed by atoms with E-state index in [-0.39, 0.29) is 36.7 Å². The van der Waals surface area contributed by atoms with Crippen LogP contribution in [-0.2, 0) is 14.4 Å². The van der Waals surface area contributed by atoms with Crippen molar-refractivity contribution in [1.82, 2.24) is 5.32 Å². The lowest BCUT2D eigenvalue weighted by atomic mass is 10.1. The Hall–Kier alpha value is -3.35. The van der Waals surface area contributed by atoms with Gasteiger partial charge >= 0.3 is 0 Å². The summed E-state index contributed by atoms with van der Waals surface area (Å²) in [6.07, 6.45) is 1.08. The molecule has 0 aromatic heterocycles. The predicted octanol–water partition coefficient (Wildman–Crippen LogP) is 3.51. The Morgan fingerprint density at radius 2 is 1.75 bits per heavy atom. The zero-order chi connectivity index (χ0) is 23.3. The highest BCUT2D eigenvalue weighted by molar-refractivity contribution is 6.00. The molecule has 2 aromatic rings. The average Bonchev–Trinajstić information content (AvgIpc) is 3.15. The lowest BCUT2D eigenvalue weighted by Crippen LogP contribution is -2.33. The van der Waals surface area contributed by atoms with E-state index in [1.54, 1.807) is 29.2 Å². The van der Waals surface area contributed by atoms with Crippen LogP contribution in [0.2, 0.25) is 0 Å². The summed E-state index contributed by atoms with van der Waals surface area (Å²) >= 11 is 0. The molecule has 2 N–H and O–H groups in total. The molecule has 1 heterocycles. The van der Waals surface area contributed by atoms with E-state index in [0.29, 0.717) is 24.5 Å². The minimum atomic E-state index is -0.331. The van der Waals surface area contributed by atoms with Gasteiger partial charge in [-0.25, -0.2) is 0 Å². The zero-order valence-electron chi connectivity index (χ0n) is 19.2. The molecule has 1 aliphatic heterocycles. The van der Waals surface area contributed by atoms with Gasteiger partial charge in [-0.05, 0) is 62.6 Å². The number of nitrogens with zero attached hydrogens (tertiary/aromatic N) is 1. The fraction of sp³-hybridized carbons (Fsp3) is 0.400. The third kappa shape index (κ3) is 5.66. The van der Waals surface area contributed by atoms with Crippen LogP contribution in [0.25, 0.3) is 0 Å². The van der Waals surface area contributed by atoms with Gasteiger partial charge in [-0.15, -0.1) is 0 Å². The van der Waals surface area contributed by atoms with Crippen LogP contribution in [0.15, 0.2) is 36.4 Å². The van der Waals surface area contributed by atoms with Gasteiger partial charge in [0.25, 0.3) is 5.91 Å². The van der Waals surface area contributed by atoms with Gasteiger partial charge in [-0.1, -0.05) is 24.6 Å². The Labute approximate surface area is 189 Å². The highest BCUT2D eigenvalue weighted by Crippen LogP contribution is 2.27. The van der Waals surface area contributed by atoms with Crippen LogP contribution < -0.4 is 20.3 Å². The second kappa shape index (κ2) is 10.3. The zero-order valence-corrected chi connectivity index (χ0v) is 19.2. The number of aryl methyl sites for hydroxylation is 3. The number of hydrogen-bond donors (Lipinski definition) is 2. The molecule has 3 amide bonds. The molecule has 7 heteroatoms. The third-order valence-corrected chi connectivity index (χ3v) is 5.50. The molecule has 1 aliphatic rings. The summed E-state index contributed by atoms with van der Waals surface area (Å²) in [4.78, 5) is 38.5. The van der Waals surface area contributed by atoms with Crippen molar-refractivity contribution in [2.45, 2.75) is 40.5 Å².